The van der Waals surface area contributed by atoms with Crippen LogP contribution in [0.1, 0.15) is 12.5 Å². The quantitative estimate of drug-likeness (QED) is 0.906. The lowest BCUT2D eigenvalue weighted by Crippen LogP contribution is -2.53. The van der Waals surface area contributed by atoms with Crippen molar-refractivity contribution in [1.82, 2.24) is 9.80 Å². The van der Waals surface area contributed by atoms with E-state index in [9.17, 15) is 9.59 Å². The third-order valence-electron chi connectivity index (χ3n) is 3.69. The van der Waals surface area contributed by atoms with Crippen LogP contribution in [0, 0.1) is 5.92 Å². The van der Waals surface area contributed by atoms with Gasteiger partial charge in [-0.05, 0) is 17.7 Å². The van der Waals surface area contributed by atoms with Crippen LogP contribution in [0.4, 0.5) is 0 Å². The van der Waals surface area contributed by atoms with E-state index < -0.39 is 0 Å². The fourth-order valence-corrected chi connectivity index (χ4v) is 2.41. The van der Waals surface area contributed by atoms with Crippen molar-refractivity contribution in [1.29, 1.82) is 0 Å². The van der Waals surface area contributed by atoms with Crippen LogP contribution in [0.5, 0.6) is 0 Å². The standard InChI is InChI=1S/C15H20ClN3O2/c1-11(8-17)15(21)19-7-6-18(14(20)10-19)9-12-2-4-13(16)5-3-12/h2-5,11H,6-10,17H2,1H3. The molecule has 0 bridgehead atoms. The summed E-state index contributed by atoms with van der Waals surface area (Å²) < 4.78 is 0. The molecule has 1 aliphatic rings. The van der Waals surface area contributed by atoms with Crippen molar-refractivity contribution >= 4 is 23.4 Å². The molecule has 1 unspecified atom stereocenters. The van der Waals surface area contributed by atoms with E-state index in [2.05, 4.69) is 0 Å². The topological polar surface area (TPSA) is 66.6 Å². The van der Waals surface area contributed by atoms with Gasteiger partial charge in [0.15, 0.2) is 0 Å². The van der Waals surface area contributed by atoms with E-state index in [1.165, 1.54) is 0 Å². The van der Waals surface area contributed by atoms with E-state index in [-0.39, 0.29) is 24.3 Å². The van der Waals surface area contributed by atoms with Gasteiger partial charge in [0, 0.05) is 37.1 Å². The van der Waals surface area contributed by atoms with Gasteiger partial charge in [0.25, 0.3) is 0 Å². The lowest BCUT2D eigenvalue weighted by atomic mass is 10.1. The number of nitrogens with zero attached hydrogens (tertiary/aromatic N) is 2. The van der Waals surface area contributed by atoms with Crippen LogP contribution in [0.3, 0.4) is 0 Å². The normalized spacial score (nSPS) is 17.0. The molecule has 1 fully saturated rings. The average molecular weight is 310 g/mol. The molecule has 5 nitrogen and oxygen atoms in total. The minimum absolute atomic E-state index is 0.0335. The molecule has 0 spiro atoms. The zero-order chi connectivity index (χ0) is 15.4. The molecule has 2 amide bonds. The first-order chi connectivity index (χ1) is 10.0. The molecule has 6 heteroatoms. The number of hydrogen-bond acceptors (Lipinski definition) is 3. The van der Waals surface area contributed by atoms with Crippen molar-refractivity contribution in [3.05, 3.63) is 34.9 Å². The molecule has 0 aliphatic carbocycles. The summed E-state index contributed by atoms with van der Waals surface area (Å²) in [6, 6.07) is 7.43. The molecular formula is C15H20ClN3O2. The highest BCUT2D eigenvalue weighted by molar-refractivity contribution is 6.30. The maximum atomic E-state index is 12.2. The first-order valence-electron chi connectivity index (χ1n) is 7.02. The van der Waals surface area contributed by atoms with Gasteiger partial charge in [-0.3, -0.25) is 9.59 Å². The highest BCUT2D eigenvalue weighted by Crippen LogP contribution is 2.14. The lowest BCUT2D eigenvalue weighted by molar-refractivity contribution is -0.147. The van der Waals surface area contributed by atoms with Gasteiger partial charge in [-0.1, -0.05) is 30.7 Å². The van der Waals surface area contributed by atoms with Crippen LogP contribution in [0.15, 0.2) is 24.3 Å². The summed E-state index contributed by atoms with van der Waals surface area (Å²) in [5.74, 6) is -0.314. The Bertz CT molecular complexity index is 518. The van der Waals surface area contributed by atoms with Crippen molar-refractivity contribution in [3.8, 4) is 0 Å². The number of hydrogen-bond donors (Lipinski definition) is 1. The van der Waals surface area contributed by atoms with Crippen molar-refractivity contribution in [2.75, 3.05) is 26.2 Å². The second kappa shape index (κ2) is 6.91. The van der Waals surface area contributed by atoms with Gasteiger partial charge in [0.1, 0.15) is 0 Å². The minimum Gasteiger partial charge on any atom is -0.335 e. The molecule has 114 valence electrons. The third kappa shape index (κ3) is 3.95. The largest absolute Gasteiger partial charge is 0.335 e. The number of rotatable bonds is 4. The predicted molar refractivity (Wildman–Crippen MR) is 81.7 cm³/mol. The maximum absolute atomic E-state index is 12.2. The van der Waals surface area contributed by atoms with E-state index in [1.54, 1.807) is 16.7 Å². The zero-order valence-electron chi connectivity index (χ0n) is 12.1. The summed E-state index contributed by atoms with van der Waals surface area (Å²) in [6.07, 6.45) is 0. The van der Waals surface area contributed by atoms with Gasteiger partial charge in [-0.2, -0.15) is 0 Å². The van der Waals surface area contributed by atoms with Crippen LogP contribution in [-0.4, -0.2) is 47.8 Å². The highest BCUT2D eigenvalue weighted by atomic mass is 35.5. The number of carbonyl (C=O) groups is 2. The summed E-state index contributed by atoms with van der Waals surface area (Å²) in [7, 11) is 0. The maximum Gasteiger partial charge on any atom is 0.242 e. The van der Waals surface area contributed by atoms with Gasteiger partial charge in [0.05, 0.1) is 6.54 Å². The number of nitrogens with two attached hydrogens (primary N) is 1. The molecule has 2 rings (SSSR count). The molecule has 1 aliphatic heterocycles. The molecule has 2 N–H and O–H groups in total. The molecule has 0 radical (unpaired) electrons. The Morgan fingerprint density at radius 1 is 1.33 bits per heavy atom. The average Bonchev–Trinajstić information content (AvgIpc) is 2.50. The van der Waals surface area contributed by atoms with E-state index in [1.807, 2.05) is 24.3 Å². The Hall–Kier alpha value is -1.59. The van der Waals surface area contributed by atoms with Crippen LogP contribution in [0.25, 0.3) is 0 Å². The summed E-state index contributed by atoms with van der Waals surface area (Å²) in [5.41, 5.74) is 6.53. The Morgan fingerprint density at radius 3 is 2.57 bits per heavy atom. The SMILES string of the molecule is CC(CN)C(=O)N1CCN(Cc2ccc(Cl)cc2)C(=O)C1. The number of piperazine rings is 1. The number of halogens is 1. The first kappa shape index (κ1) is 15.8. The monoisotopic (exact) mass is 309 g/mol. The molecule has 0 aromatic heterocycles. The van der Waals surface area contributed by atoms with Gasteiger partial charge in [-0.15, -0.1) is 0 Å². The number of benzene rings is 1. The summed E-state index contributed by atoms with van der Waals surface area (Å²) in [6.45, 7) is 3.87. The van der Waals surface area contributed by atoms with Gasteiger partial charge < -0.3 is 15.5 Å². The highest BCUT2D eigenvalue weighted by Gasteiger charge is 2.28. The Kier molecular flexibility index (Phi) is 5.20. The Balaban J connectivity index is 1.93. The first-order valence-corrected chi connectivity index (χ1v) is 7.40. The van der Waals surface area contributed by atoms with E-state index in [0.717, 1.165) is 5.56 Å². The Morgan fingerprint density at radius 2 is 2.00 bits per heavy atom. The van der Waals surface area contributed by atoms with Crippen LogP contribution in [0.2, 0.25) is 5.02 Å². The van der Waals surface area contributed by atoms with E-state index >= 15 is 0 Å². The zero-order valence-corrected chi connectivity index (χ0v) is 12.8. The Labute approximate surface area is 129 Å². The van der Waals surface area contributed by atoms with Crippen molar-refractivity contribution < 1.29 is 9.59 Å². The molecule has 1 saturated heterocycles. The second-order valence-corrected chi connectivity index (χ2v) is 5.77. The van der Waals surface area contributed by atoms with Crippen molar-refractivity contribution in [2.45, 2.75) is 13.5 Å². The fraction of sp³-hybridized carbons (Fsp3) is 0.467. The smallest absolute Gasteiger partial charge is 0.242 e. The predicted octanol–water partition coefficient (Wildman–Crippen LogP) is 1.11. The summed E-state index contributed by atoms with van der Waals surface area (Å²) in [4.78, 5) is 27.6. The molecule has 0 saturated carbocycles. The van der Waals surface area contributed by atoms with E-state index in [4.69, 9.17) is 17.3 Å². The van der Waals surface area contributed by atoms with Gasteiger partial charge in [-0.25, -0.2) is 0 Å². The van der Waals surface area contributed by atoms with E-state index in [0.29, 0.717) is 31.2 Å². The number of carbonyl (C=O) groups excluding carboxylic acids is 2. The van der Waals surface area contributed by atoms with Crippen molar-refractivity contribution in [3.63, 3.8) is 0 Å². The van der Waals surface area contributed by atoms with Gasteiger partial charge >= 0.3 is 0 Å². The molecule has 1 heterocycles. The lowest BCUT2D eigenvalue weighted by Gasteiger charge is -2.35. The molecule has 1 aromatic rings. The number of amides is 2. The molecule has 1 aromatic carbocycles. The molecular weight excluding hydrogens is 290 g/mol. The third-order valence-corrected chi connectivity index (χ3v) is 3.94. The van der Waals surface area contributed by atoms with Crippen LogP contribution >= 0.6 is 11.6 Å². The fourth-order valence-electron chi connectivity index (χ4n) is 2.29. The van der Waals surface area contributed by atoms with Crippen LogP contribution < -0.4 is 5.73 Å². The molecule has 21 heavy (non-hydrogen) atoms. The van der Waals surface area contributed by atoms with Crippen molar-refractivity contribution in [2.24, 2.45) is 11.7 Å². The van der Waals surface area contributed by atoms with Crippen LogP contribution in [-0.2, 0) is 16.1 Å². The minimum atomic E-state index is -0.236. The second-order valence-electron chi connectivity index (χ2n) is 5.34. The van der Waals surface area contributed by atoms with Gasteiger partial charge in [0.2, 0.25) is 11.8 Å². The summed E-state index contributed by atoms with van der Waals surface area (Å²) in [5, 5.41) is 0.677. The summed E-state index contributed by atoms with van der Waals surface area (Å²) >= 11 is 5.85. The molecule has 1 atom stereocenters.